The van der Waals surface area contributed by atoms with E-state index in [1.54, 1.807) is 7.11 Å². The molecule has 2 rings (SSSR count). The van der Waals surface area contributed by atoms with Gasteiger partial charge in [-0.25, -0.2) is 4.79 Å². The van der Waals surface area contributed by atoms with Crippen molar-refractivity contribution in [3.8, 4) is 0 Å². The molecule has 6 nitrogen and oxygen atoms in total. The van der Waals surface area contributed by atoms with Crippen molar-refractivity contribution in [1.29, 1.82) is 0 Å². The number of aliphatic hydroxyl groups is 1. The second kappa shape index (κ2) is 12.9. The second-order valence-electron chi connectivity index (χ2n) is 10.6. The Morgan fingerprint density at radius 2 is 2.09 bits per heavy atom. The summed E-state index contributed by atoms with van der Waals surface area (Å²) >= 11 is 6.28. The lowest BCUT2D eigenvalue weighted by Crippen LogP contribution is -2.54. The van der Waals surface area contributed by atoms with Gasteiger partial charge in [0, 0.05) is 50.3 Å². The quantitative estimate of drug-likeness (QED) is 0.397. The topological polar surface area (TPSA) is 73.8 Å². The molecule has 1 fully saturated rings. The third-order valence-corrected chi connectivity index (χ3v) is 6.74. The van der Waals surface area contributed by atoms with E-state index in [1.165, 1.54) is 0 Å². The Kier molecular flexibility index (Phi) is 10.9. The van der Waals surface area contributed by atoms with E-state index >= 15 is 0 Å². The summed E-state index contributed by atoms with van der Waals surface area (Å²) in [6, 6.07) is 7.55. The Balaban J connectivity index is 2.16. The van der Waals surface area contributed by atoms with Crippen molar-refractivity contribution in [3.63, 3.8) is 0 Å². The lowest BCUT2D eigenvalue weighted by atomic mass is 9.74. The van der Waals surface area contributed by atoms with E-state index in [0.29, 0.717) is 31.1 Å². The van der Waals surface area contributed by atoms with E-state index in [-0.39, 0.29) is 23.4 Å². The van der Waals surface area contributed by atoms with Crippen LogP contribution in [0.15, 0.2) is 24.3 Å². The number of hydrogen-bond acceptors (Lipinski definition) is 4. The van der Waals surface area contributed by atoms with E-state index in [9.17, 15) is 9.90 Å². The lowest BCUT2D eigenvalue weighted by Gasteiger charge is -2.43. The molecule has 1 saturated heterocycles. The average Bonchev–Trinajstić information content (AvgIpc) is 2.75. The fraction of sp³-hybridized carbons (Fsp3) is 0.731. The van der Waals surface area contributed by atoms with Crippen LogP contribution in [0.1, 0.15) is 64.9 Å². The number of likely N-dealkylation sites (tertiary alicyclic amines) is 1. The first kappa shape index (κ1) is 27.9. The van der Waals surface area contributed by atoms with Crippen LogP contribution in [-0.2, 0) is 10.3 Å². The first-order valence-electron chi connectivity index (χ1n) is 12.3. The van der Waals surface area contributed by atoms with Crippen LogP contribution in [0.25, 0.3) is 0 Å². The Morgan fingerprint density at radius 1 is 1.33 bits per heavy atom. The summed E-state index contributed by atoms with van der Waals surface area (Å²) in [7, 11) is 3.61. The van der Waals surface area contributed by atoms with Gasteiger partial charge in [-0.3, -0.25) is 0 Å². The smallest absolute Gasteiger partial charge is 0.317 e. The molecule has 0 saturated carbocycles. The van der Waals surface area contributed by atoms with Gasteiger partial charge in [0.2, 0.25) is 0 Å². The third-order valence-electron chi connectivity index (χ3n) is 6.50. The Morgan fingerprint density at radius 3 is 2.73 bits per heavy atom. The number of nitrogens with one attached hydrogen (secondary N) is 2. The summed E-state index contributed by atoms with van der Waals surface area (Å²) in [5, 5.41) is 19.0. The Hall–Kier alpha value is -1.34. The summed E-state index contributed by atoms with van der Waals surface area (Å²) < 4.78 is 5.20. The highest BCUT2D eigenvalue weighted by molar-refractivity contribution is 6.30. The average molecular weight is 482 g/mol. The van der Waals surface area contributed by atoms with E-state index in [1.807, 2.05) is 36.2 Å². The minimum Gasteiger partial charge on any atom is -0.385 e. The zero-order chi connectivity index (χ0) is 24.5. The molecule has 33 heavy (non-hydrogen) atoms. The van der Waals surface area contributed by atoms with Gasteiger partial charge in [0.15, 0.2) is 0 Å². The number of rotatable bonds is 11. The van der Waals surface area contributed by atoms with Gasteiger partial charge in [0.1, 0.15) is 0 Å². The number of nitrogens with zero attached hydrogens (tertiary/aromatic N) is 1. The third kappa shape index (κ3) is 8.75. The minimum absolute atomic E-state index is 0.0444. The van der Waals surface area contributed by atoms with E-state index in [4.69, 9.17) is 16.3 Å². The molecule has 1 heterocycles. The van der Waals surface area contributed by atoms with Crippen LogP contribution in [0.3, 0.4) is 0 Å². The summed E-state index contributed by atoms with van der Waals surface area (Å²) in [5.74, 6) is -0.0524. The molecule has 0 radical (unpaired) electrons. The molecule has 0 aromatic heterocycles. The maximum absolute atomic E-state index is 13.2. The maximum Gasteiger partial charge on any atom is 0.317 e. The molecule has 188 valence electrons. The highest BCUT2D eigenvalue weighted by Gasteiger charge is 2.41. The van der Waals surface area contributed by atoms with Crippen LogP contribution in [0.4, 0.5) is 4.79 Å². The van der Waals surface area contributed by atoms with E-state index in [0.717, 1.165) is 44.2 Å². The molecule has 1 aromatic carbocycles. The van der Waals surface area contributed by atoms with Gasteiger partial charge >= 0.3 is 6.03 Å². The van der Waals surface area contributed by atoms with E-state index in [2.05, 4.69) is 31.4 Å². The summed E-state index contributed by atoms with van der Waals surface area (Å²) in [6.07, 6.45) is 4.98. The van der Waals surface area contributed by atoms with Crippen LogP contribution >= 0.6 is 11.6 Å². The van der Waals surface area contributed by atoms with Gasteiger partial charge in [0.05, 0.1) is 5.60 Å². The molecule has 0 bridgehead atoms. The van der Waals surface area contributed by atoms with Gasteiger partial charge in [0.25, 0.3) is 0 Å². The molecule has 2 amide bonds. The number of halogens is 1. The predicted molar refractivity (Wildman–Crippen MR) is 136 cm³/mol. The molecule has 3 N–H and O–H groups in total. The summed E-state index contributed by atoms with van der Waals surface area (Å²) in [6.45, 7) is 9.20. The van der Waals surface area contributed by atoms with Gasteiger partial charge in [-0.1, -0.05) is 44.5 Å². The van der Waals surface area contributed by atoms with Crippen LogP contribution in [0.2, 0.25) is 5.02 Å². The van der Waals surface area contributed by atoms with Crippen LogP contribution in [0.5, 0.6) is 0 Å². The zero-order valence-electron chi connectivity index (χ0n) is 21.1. The predicted octanol–water partition coefficient (Wildman–Crippen LogP) is 4.79. The number of carbonyl (C=O) groups excluding carboxylic acids is 1. The minimum atomic E-state index is -1.03. The van der Waals surface area contributed by atoms with E-state index < -0.39 is 5.60 Å². The van der Waals surface area contributed by atoms with Gasteiger partial charge in [-0.2, -0.15) is 0 Å². The van der Waals surface area contributed by atoms with Crippen LogP contribution in [-0.4, -0.2) is 62.5 Å². The van der Waals surface area contributed by atoms with Crippen molar-refractivity contribution in [2.75, 3.05) is 40.4 Å². The molecule has 3 atom stereocenters. The zero-order valence-corrected chi connectivity index (χ0v) is 21.9. The first-order valence-corrected chi connectivity index (χ1v) is 12.6. The molecule has 1 aromatic rings. The monoisotopic (exact) mass is 481 g/mol. The number of carbonyl (C=O) groups is 1. The first-order chi connectivity index (χ1) is 15.6. The molecular weight excluding hydrogens is 438 g/mol. The van der Waals surface area contributed by atoms with Crippen molar-refractivity contribution >= 4 is 17.6 Å². The Labute approximate surface area is 205 Å². The largest absolute Gasteiger partial charge is 0.385 e. The van der Waals surface area contributed by atoms with Gasteiger partial charge in [-0.15, -0.1) is 0 Å². The number of piperidine rings is 1. The normalized spacial score (nSPS) is 19.7. The molecular formula is C26H44ClN3O3. The number of unbranched alkanes of at least 4 members (excludes halogenated alkanes) is 1. The molecule has 0 unspecified atom stereocenters. The summed E-state index contributed by atoms with van der Waals surface area (Å²) in [4.78, 5) is 15.1. The number of amides is 2. The van der Waals surface area contributed by atoms with Crippen molar-refractivity contribution in [1.82, 2.24) is 15.5 Å². The van der Waals surface area contributed by atoms with Crippen molar-refractivity contribution < 1.29 is 14.6 Å². The lowest BCUT2D eigenvalue weighted by molar-refractivity contribution is -0.0564. The van der Waals surface area contributed by atoms with Gasteiger partial charge < -0.3 is 25.4 Å². The fourth-order valence-electron chi connectivity index (χ4n) is 4.96. The second-order valence-corrected chi connectivity index (χ2v) is 11.1. The maximum atomic E-state index is 13.2. The van der Waals surface area contributed by atoms with Crippen LogP contribution in [0, 0.1) is 11.3 Å². The van der Waals surface area contributed by atoms with Crippen LogP contribution < -0.4 is 10.6 Å². The Bertz CT molecular complexity index is 740. The standard InChI is InChI=1S/C26H44ClN3O3/c1-25(2,3)17-23(18-28-4)29-24(31)30-14-9-11-21(19-30)26(32,13-6-7-15-33-5)20-10-8-12-22(27)16-20/h8,10,12,16,21,23,28,32H,6-7,9,11,13-15,17-19H2,1-5H3,(H,29,31)/t21-,23+,26-/m1/s1. The fourth-order valence-corrected chi connectivity index (χ4v) is 5.15. The number of likely N-dealkylation sites (N-methyl/N-ethyl adjacent to an activating group) is 1. The number of benzene rings is 1. The number of hydrogen-bond donors (Lipinski definition) is 3. The number of methoxy groups -OCH3 is 1. The number of urea groups is 1. The summed E-state index contributed by atoms with van der Waals surface area (Å²) in [5.41, 5.74) is -0.0813. The highest BCUT2D eigenvalue weighted by Crippen LogP contribution is 2.40. The van der Waals surface area contributed by atoms with Gasteiger partial charge in [-0.05, 0) is 68.7 Å². The highest BCUT2D eigenvalue weighted by atomic mass is 35.5. The van der Waals surface area contributed by atoms with Crippen molar-refractivity contribution in [3.05, 3.63) is 34.9 Å². The van der Waals surface area contributed by atoms with Crippen molar-refractivity contribution in [2.45, 2.75) is 70.9 Å². The SMILES string of the molecule is CNC[C@H](CC(C)(C)C)NC(=O)N1CCC[C@@H]([C@@](O)(CCCCOC)c2cccc(Cl)c2)C1. The molecule has 0 spiro atoms. The molecule has 0 aliphatic carbocycles. The van der Waals surface area contributed by atoms with Crippen molar-refractivity contribution in [2.24, 2.45) is 11.3 Å². The molecule has 1 aliphatic rings. The number of ether oxygens (including phenoxy) is 1. The molecule has 7 heteroatoms. The molecule has 1 aliphatic heterocycles.